The highest BCUT2D eigenvalue weighted by atomic mass is 16.4. The van der Waals surface area contributed by atoms with Crippen LogP contribution in [0.5, 0.6) is 0 Å². The Kier molecular flexibility index (Phi) is 8.80. The van der Waals surface area contributed by atoms with Crippen molar-refractivity contribution in [1.29, 1.82) is 0 Å². The maximum Gasteiger partial charge on any atom is 0.326 e. The van der Waals surface area contributed by atoms with Crippen LogP contribution < -0.4 is 16.8 Å². The number of primary amides is 1. The lowest BCUT2D eigenvalue weighted by Gasteiger charge is -2.32. The van der Waals surface area contributed by atoms with Crippen LogP contribution in [0.2, 0.25) is 0 Å². The number of hydrogen-bond donors (Lipinski definition) is 4. The van der Waals surface area contributed by atoms with E-state index in [1.807, 2.05) is 30.3 Å². The minimum atomic E-state index is -1.28. The lowest BCUT2D eigenvalue weighted by Crippen LogP contribution is -2.56. The molecule has 35 heavy (non-hydrogen) atoms. The van der Waals surface area contributed by atoms with Gasteiger partial charge in [-0.15, -0.1) is 0 Å². The number of benzene rings is 1. The fourth-order valence-corrected chi connectivity index (χ4v) is 4.76. The second-order valence-electron chi connectivity index (χ2n) is 9.08. The summed E-state index contributed by atoms with van der Waals surface area (Å²) in [6.07, 6.45) is 2.12. The highest BCUT2D eigenvalue weighted by Gasteiger charge is 2.43. The molecule has 1 aromatic carbocycles. The molecule has 2 heterocycles. The molecule has 0 aromatic heterocycles. The van der Waals surface area contributed by atoms with E-state index < -0.39 is 42.0 Å². The van der Waals surface area contributed by atoms with Gasteiger partial charge in [-0.25, -0.2) is 4.79 Å². The fraction of sp³-hybridized carbons (Fsp3) is 0.542. The van der Waals surface area contributed by atoms with E-state index in [4.69, 9.17) is 11.5 Å². The SMILES string of the molecule is NC(=O)CCC(NC(=O)C1CCCN1C(=O)C1CCCN1C(=O)C(N)Cc1ccccc1)C(=O)O. The Morgan fingerprint density at radius 3 is 2.26 bits per heavy atom. The normalized spacial score (nSPS) is 21.4. The standard InChI is InChI=1S/C24H33N5O6/c25-16(14-15-6-2-1-3-7-15)22(32)29-13-5-9-19(29)23(33)28-12-4-8-18(28)21(31)27-17(24(34)35)10-11-20(26)30/h1-3,6-7,16-19H,4-5,8-14,25H2,(H2,26,30)(H,27,31)(H,34,35). The Morgan fingerprint density at radius 1 is 1.00 bits per heavy atom. The molecule has 0 saturated carbocycles. The molecule has 0 spiro atoms. The highest BCUT2D eigenvalue weighted by Crippen LogP contribution is 2.26. The number of carbonyl (C=O) groups excluding carboxylic acids is 4. The molecule has 11 nitrogen and oxygen atoms in total. The van der Waals surface area contributed by atoms with Gasteiger partial charge < -0.3 is 31.7 Å². The summed E-state index contributed by atoms with van der Waals surface area (Å²) in [4.78, 5) is 64.8. The number of nitrogens with one attached hydrogen (secondary N) is 1. The molecule has 4 unspecified atom stereocenters. The van der Waals surface area contributed by atoms with Crippen LogP contribution in [0.25, 0.3) is 0 Å². The van der Waals surface area contributed by atoms with Crippen LogP contribution in [0.4, 0.5) is 0 Å². The molecule has 2 aliphatic rings. The van der Waals surface area contributed by atoms with Crippen LogP contribution in [-0.4, -0.2) is 81.8 Å². The minimum Gasteiger partial charge on any atom is -0.480 e. The van der Waals surface area contributed by atoms with Crippen LogP contribution in [0.15, 0.2) is 30.3 Å². The Bertz CT molecular complexity index is 955. The van der Waals surface area contributed by atoms with E-state index in [0.29, 0.717) is 45.2 Å². The van der Waals surface area contributed by atoms with Gasteiger partial charge in [-0.05, 0) is 44.1 Å². The number of carboxylic acid groups (broad SMARTS) is 1. The Balaban J connectivity index is 1.65. The quantitative estimate of drug-likeness (QED) is 0.340. The monoisotopic (exact) mass is 487 g/mol. The van der Waals surface area contributed by atoms with Gasteiger partial charge in [0.1, 0.15) is 18.1 Å². The smallest absolute Gasteiger partial charge is 0.326 e. The third-order valence-electron chi connectivity index (χ3n) is 6.57. The zero-order chi connectivity index (χ0) is 25.5. The van der Waals surface area contributed by atoms with Gasteiger partial charge in [-0.2, -0.15) is 0 Å². The summed E-state index contributed by atoms with van der Waals surface area (Å²) >= 11 is 0. The third-order valence-corrected chi connectivity index (χ3v) is 6.57. The first-order chi connectivity index (χ1) is 16.7. The molecule has 190 valence electrons. The van der Waals surface area contributed by atoms with Crippen molar-refractivity contribution < 1.29 is 29.1 Å². The fourth-order valence-electron chi connectivity index (χ4n) is 4.76. The average molecular weight is 488 g/mol. The second kappa shape index (κ2) is 11.8. The number of amides is 4. The molecule has 3 rings (SSSR count). The van der Waals surface area contributed by atoms with Crippen LogP contribution in [0.3, 0.4) is 0 Å². The van der Waals surface area contributed by atoms with Crippen LogP contribution >= 0.6 is 0 Å². The second-order valence-corrected chi connectivity index (χ2v) is 9.08. The highest BCUT2D eigenvalue weighted by molar-refractivity contribution is 5.95. The molecule has 2 fully saturated rings. The van der Waals surface area contributed by atoms with E-state index in [1.54, 1.807) is 0 Å². The molecule has 4 amide bonds. The van der Waals surface area contributed by atoms with Gasteiger partial charge in [-0.1, -0.05) is 30.3 Å². The molecular weight excluding hydrogens is 454 g/mol. The van der Waals surface area contributed by atoms with Crippen molar-refractivity contribution in [3.63, 3.8) is 0 Å². The maximum atomic E-state index is 13.4. The predicted molar refractivity (Wildman–Crippen MR) is 126 cm³/mol. The minimum absolute atomic E-state index is 0.138. The van der Waals surface area contributed by atoms with Crippen molar-refractivity contribution in [3.8, 4) is 0 Å². The first-order valence-electron chi connectivity index (χ1n) is 11.9. The van der Waals surface area contributed by atoms with Crippen LogP contribution in [-0.2, 0) is 30.4 Å². The Morgan fingerprint density at radius 2 is 1.63 bits per heavy atom. The summed E-state index contributed by atoms with van der Waals surface area (Å²) in [5, 5.41) is 11.8. The molecular formula is C24H33N5O6. The summed E-state index contributed by atoms with van der Waals surface area (Å²) in [5.41, 5.74) is 12.2. The molecule has 4 atom stereocenters. The average Bonchev–Trinajstić information content (AvgIpc) is 3.51. The molecule has 1 aromatic rings. The van der Waals surface area contributed by atoms with E-state index in [0.717, 1.165) is 5.56 Å². The number of carboxylic acids is 1. The summed E-state index contributed by atoms with van der Waals surface area (Å²) in [6, 6.07) is 5.79. The first kappa shape index (κ1) is 26.1. The van der Waals surface area contributed by atoms with E-state index in [1.165, 1.54) is 9.80 Å². The lowest BCUT2D eigenvalue weighted by molar-refractivity contribution is -0.148. The molecule has 0 aliphatic carbocycles. The van der Waals surface area contributed by atoms with E-state index >= 15 is 0 Å². The van der Waals surface area contributed by atoms with Gasteiger partial charge in [0.05, 0.1) is 6.04 Å². The van der Waals surface area contributed by atoms with Gasteiger partial charge >= 0.3 is 5.97 Å². The van der Waals surface area contributed by atoms with Crippen LogP contribution in [0.1, 0.15) is 44.1 Å². The van der Waals surface area contributed by atoms with Gasteiger partial charge in [0.2, 0.25) is 23.6 Å². The zero-order valence-corrected chi connectivity index (χ0v) is 19.6. The van der Waals surface area contributed by atoms with Crippen molar-refractivity contribution in [3.05, 3.63) is 35.9 Å². The topological polar surface area (TPSA) is 176 Å². The summed E-state index contributed by atoms with van der Waals surface area (Å²) in [5.74, 6) is -3.17. The van der Waals surface area contributed by atoms with Gasteiger partial charge in [0.25, 0.3) is 0 Å². The first-order valence-corrected chi connectivity index (χ1v) is 11.9. The van der Waals surface area contributed by atoms with Crippen molar-refractivity contribution in [2.75, 3.05) is 13.1 Å². The number of aliphatic carboxylic acids is 1. The lowest BCUT2D eigenvalue weighted by atomic mass is 10.0. The van der Waals surface area contributed by atoms with Crippen molar-refractivity contribution >= 4 is 29.6 Å². The van der Waals surface area contributed by atoms with E-state index in [2.05, 4.69) is 5.32 Å². The molecule has 0 radical (unpaired) electrons. The number of likely N-dealkylation sites (tertiary alicyclic amines) is 2. The number of rotatable bonds is 10. The summed E-state index contributed by atoms with van der Waals surface area (Å²) in [6.45, 7) is 0.751. The molecule has 11 heteroatoms. The summed E-state index contributed by atoms with van der Waals surface area (Å²) < 4.78 is 0. The summed E-state index contributed by atoms with van der Waals surface area (Å²) in [7, 11) is 0. The van der Waals surface area contributed by atoms with Gasteiger partial charge in [0.15, 0.2) is 0 Å². The van der Waals surface area contributed by atoms with Gasteiger partial charge in [0, 0.05) is 19.5 Å². The number of hydrogen-bond acceptors (Lipinski definition) is 6. The van der Waals surface area contributed by atoms with E-state index in [9.17, 15) is 29.1 Å². The molecule has 2 aliphatic heterocycles. The largest absolute Gasteiger partial charge is 0.480 e. The van der Waals surface area contributed by atoms with Crippen LogP contribution in [0, 0.1) is 0 Å². The Hall–Kier alpha value is -3.47. The number of nitrogens with two attached hydrogens (primary N) is 2. The maximum absolute atomic E-state index is 13.4. The molecule has 0 bridgehead atoms. The molecule has 2 saturated heterocycles. The van der Waals surface area contributed by atoms with E-state index in [-0.39, 0.29) is 24.7 Å². The number of nitrogens with zero attached hydrogens (tertiary/aromatic N) is 2. The Labute approximate surface area is 203 Å². The zero-order valence-electron chi connectivity index (χ0n) is 19.6. The van der Waals surface area contributed by atoms with Gasteiger partial charge in [-0.3, -0.25) is 19.2 Å². The van der Waals surface area contributed by atoms with Crippen molar-refractivity contribution in [2.45, 2.75) is 69.1 Å². The van der Waals surface area contributed by atoms with Crippen molar-refractivity contribution in [1.82, 2.24) is 15.1 Å². The number of carbonyl (C=O) groups is 5. The third kappa shape index (κ3) is 6.56. The predicted octanol–water partition coefficient (Wildman–Crippen LogP) is -0.627. The molecule has 6 N–H and O–H groups in total. The van der Waals surface area contributed by atoms with Crippen molar-refractivity contribution in [2.24, 2.45) is 11.5 Å².